The number of rotatable bonds is 4. The Balaban J connectivity index is 2.10. The van der Waals surface area contributed by atoms with Crippen molar-refractivity contribution in [2.24, 2.45) is 23.7 Å². The van der Waals surface area contributed by atoms with Gasteiger partial charge in [-0.2, -0.15) is 0 Å². The van der Waals surface area contributed by atoms with E-state index < -0.39 is 0 Å². The van der Waals surface area contributed by atoms with E-state index in [0.717, 1.165) is 24.1 Å². The standard InChI is InChI=1S/C18H28N2O2/c1-11(2)15-7-6-12(3)8-16(15)17(21)20-14-9-13(4)18(22-5)19-10-14/h9-12,15-16H,6-8H2,1-5H3,(H,20,21)/t12-,15+,16-/m1/s1. The largest absolute Gasteiger partial charge is 0.481 e. The summed E-state index contributed by atoms with van der Waals surface area (Å²) in [5.74, 6) is 2.48. The lowest BCUT2D eigenvalue weighted by molar-refractivity contribution is -0.123. The molecule has 22 heavy (non-hydrogen) atoms. The third-order valence-corrected chi connectivity index (χ3v) is 4.85. The molecule has 0 saturated heterocycles. The van der Waals surface area contributed by atoms with Gasteiger partial charge in [0.25, 0.3) is 0 Å². The van der Waals surface area contributed by atoms with Crippen molar-refractivity contribution < 1.29 is 9.53 Å². The summed E-state index contributed by atoms with van der Waals surface area (Å²) in [4.78, 5) is 17.0. The second-order valence-electron chi connectivity index (χ2n) is 6.97. The molecule has 0 aromatic carbocycles. The lowest BCUT2D eigenvalue weighted by Gasteiger charge is -2.36. The molecule has 4 nitrogen and oxygen atoms in total. The van der Waals surface area contributed by atoms with E-state index in [4.69, 9.17) is 4.74 Å². The van der Waals surface area contributed by atoms with Crippen molar-refractivity contribution >= 4 is 11.6 Å². The molecule has 0 unspecified atom stereocenters. The molecule has 1 aliphatic rings. The molecule has 0 bridgehead atoms. The second-order valence-corrected chi connectivity index (χ2v) is 6.97. The molecule has 1 heterocycles. The fourth-order valence-corrected chi connectivity index (χ4v) is 3.58. The van der Waals surface area contributed by atoms with Crippen LogP contribution in [0.2, 0.25) is 0 Å². The Kier molecular flexibility index (Phi) is 5.43. The summed E-state index contributed by atoms with van der Waals surface area (Å²) in [5.41, 5.74) is 1.68. The molecular weight excluding hydrogens is 276 g/mol. The average molecular weight is 304 g/mol. The van der Waals surface area contributed by atoms with Crippen LogP contribution in [0.1, 0.15) is 45.6 Å². The van der Waals surface area contributed by atoms with Crippen LogP contribution >= 0.6 is 0 Å². The molecule has 4 heteroatoms. The first kappa shape index (κ1) is 16.8. The van der Waals surface area contributed by atoms with E-state index in [1.54, 1.807) is 13.3 Å². The van der Waals surface area contributed by atoms with Gasteiger partial charge in [0, 0.05) is 11.5 Å². The third kappa shape index (κ3) is 3.79. The normalized spacial score (nSPS) is 25.1. The predicted molar refractivity (Wildman–Crippen MR) is 89.0 cm³/mol. The summed E-state index contributed by atoms with van der Waals surface area (Å²) in [5, 5.41) is 3.05. The van der Waals surface area contributed by atoms with Gasteiger partial charge in [-0.25, -0.2) is 4.98 Å². The molecule has 1 amide bonds. The lowest BCUT2D eigenvalue weighted by atomic mass is 9.70. The zero-order valence-electron chi connectivity index (χ0n) is 14.3. The quantitative estimate of drug-likeness (QED) is 0.913. The Morgan fingerprint density at radius 3 is 2.73 bits per heavy atom. The Morgan fingerprint density at radius 2 is 2.14 bits per heavy atom. The average Bonchev–Trinajstić information content (AvgIpc) is 2.47. The highest BCUT2D eigenvalue weighted by Crippen LogP contribution is 2.38. The van der Waals surface area contributed by atoms with Crippen molar-refractivity contribution in [1.29, 1.82) is 0 Å². The minimum absolute atomic E-state index is 0.103. The molecule has 2 rings (SSSR count). The van der Waals surface area contributed by atoms with Gasteiger partial charge in [0.15, 0.2) is 0 Å². The van der Waals surface area contributed by atoms with Gasteiger partial charge < -0.3 is 10.1 Å². The third-order valence-electron chi connectivity index (χ3n) is 4.85. The molecule has 0 aliphatic heterocycles. The number of aromatic nitrogens is 1. The molecule has 3 atom stereocenters. The van der Waals surface area contributed by atoms with Gasteiger partial charge in [0.1, 0.15) is 0 Å². The van der Waals surface area contributed by atoms with Gasteiger partial charge in [-0.05, 0) is 43.6 Å². The van der Waals surface area contributed by atoms with E-state index in [0.29, 0.717) is 23.6 Å². The first-order valence-corrected chi connectivity index (χ1v) is 8.23. The highest BCUT2D eigenvalue weighted by Gasteiger charge is 2.35. The minimum Gasteiger partial charge on any atom is -0.481 e. The Bertz CT molecular complexity index is 528. The molecule has 1 N–H and O–H groups in total. The van der Waals surface area contributed by atoms with E-state index in [1.807, 2.05) is 13.0 Å². The number of aryl methyl sites for hydroxylation is 1. The van der Waals surface area contributed by atoms with Crippen LogP contribution in [0.3, 0.4) is 0 Å². The van der Waals surface area contributed by atoms with E-state index in [1.165, 1.54) is 6.42 Å². The van der Waals surface area contributed by atoms with Crippen LogP contribution in [-0.4, -0.2) is 18.0 Å². The number of nitrogens with one attached hydrogen (secondary N) is 1. The first-order chi connectivity index (χ1) is 10.4. The predicted octanol–water partition coefficient (Wildman–Crippen LogP) is 4.05. The Morgan fingerprint density at radius 1 is 1.41 bits per heavy atom. The maximum atomic E-state index is 12.7. The molecule has 0 radical (unpaired) electrons. The Hall–Kier alpha value is -1.58. The van der Waals surface area contributed by atoms with Crippen molar-refractivity contribution in [1.82, 2.24) is 4.98 Å². The van der Waals surface area contributed by atoms with E-state index in [2.05, 4.69) is 31.1 Å². The summed E-state index contributed by atoms with van der Waals surface area (Å²) >= 11 is 0. The van der Waals surface area contributed by atoms with Crippen molar-refractivity contribution in [2.75, 3.05) is 12.4 Å². The molecule has 0 spiro atoms. The summed E-state index contributed by atoms with van der Waals surface area (Å²) in [6, 6.07) is 1.92. The van der Waals surface area contributed by atoms with E-state index in [9.17, 15) is 4.79 Å². The monoisotopic (exact) mass is 304 g/mol. The number of hydrogen-bond donors (Lipinski definition) is 1. The van der Waals surface area contributed by atoms with Crippen molar-refractivity contribution in [3.05, 3.63) is 17.8 Å². The first-order valence-electron chi connectivity index (χ1n) is 8.23. The van der Waals surface area contributed by atoms with Crippen LogP contribution in [0.25, 0.3) is 0 Å². The smallest absolute Gasteiger partial charge is 0.227 e. The summed E-state index contributed by atoms with van der Waals surface area (Å²) in [6.07, 6.45) is 5.03. The number of carbonyl (C=O) groups is 1. The maximum absolute atomic E-state index is 12.7. The van der Waals surface area contributed by atoms with Crippen molar-refractivity contribution in [3.8, 4) is 5.88 Å². The van der Waals surface area contributed by atoms with Gasteiger partial charge in [-0.3, -0.25) is 4.79 Å². The van der Waals surface area contributed by atoms with Crippen LogP contribution in [0.4, 0.5) is 5.69 Å². The van der Waals surface area contributed by atoms with Crippen LogP contribution < -0.4 is 10.1 Å². The van der Waals surface area contributed by atoms with Crippen LogP contribution in [0.15, 0.2) is 12.3 Å². The van der Waals surface area contributed by atoms with Gasteiger partial charge in [0.05, 0.1) is 19.0 Å². The van der Waals surface area contributed by atoms with Crippen LogP contribution in [-0.2, 0) is 4.79 Å². The summed E-state index contributed by atoms with van der Waals surface area (Å²) < 4.78 is 5.16. The van der Waals surface area contributed by atoms with E-state index >= 15 is 0 Å². The number of hydrogen-bond acceptors (Lipinski definition) is 3. The van der Waals surface area contributed by atoms with Crippen LogP contribution in [0.5, 0.6) is 5.88 Å². The zero-order valence-corrected chi connectivity index (χ0v) is 14.3. The molecule has 122 valence electrons. The molecule has 1 saturated carbocycles. The summed E-state index contributed by atoms with van der Waals surface area (Å²) in [6.45, 7) is 8.62. The molecule has 1 aromatic heterocycles. The highest BCUT2D eigenvalue weighted by atomic mass is 16.5. The number of carbonyl (C=O) groups excluding carboxylic acids is 1. The second kappa shape index (κ2) is 7.12. The maximum Gasteiger partial charge on any atom is 0.227 e. The van der Waals surface area contributed by atoms with Gasteiger partial charge in [0.2, 0.25) is 11.8 Å². The number of amides is 1. The number of anilines is 1. The Labute approximate surface area is 133 Å². The SMILES string of the molecule is COc1ncc(NC(=O)[C@@H]2C[C@H](C)CC[C@H]2C(C)C)cc1C. The van der Waals surface area contributed by atoms with E-state index in [-0.39, 0.29) is 11.8 Å². The molecule has 1 fully saturated rings. The topological polar surface area (TPSA) is 51.2 Å². The zero-order chi connectivity index (χ0) is 16.3. The van der Waals surface area contributed by atoms with Crippen LogP contribution in [0, 0.1) is 30.6 Å². The lowest BCUT2D eigenvalue weighted by Crippen LogP contribution is -2.36. The minimum atomic E-state index is 0.103. The van der Waals surface area contributed by atoms with Gasteiger partial charge >= 0.3 is 0 Å². The number of methoxy groups -OCH3 is 1. The molecule has 1 aromatic rings. The fourth-order valence-electron chi connectivity index (χ4n) is 3.58. The highest BCUT2D eigenvalue weighted by molar-refractivity contribution is 5.92. The number of ether oxygens (including phenoxy) is 1. The summed E-state index contributed by atoms with van der Waals surface area (Å²) in [7, 11) is 1.60. The molecule has 1 aliphatic carbocycles. The van der Waals surface area contributed by atoms with Gasteiger partial charge in [-0.15, -0.1) is 0 Å². The number of nitrogens with zero attached hydrogens (tertiary/aromatic N) is 1. The number of pyridine rings is 1. The van der Waals surface area contributed by atoms with Crippen molar-refractivity contribution in [2.45, 2.75) is 47.0 Å². The molecular formula is C18H28N2O2. The fraction of sp³-hybridized carbons (Fsp3) is 0.667. The van der Waals surface area contributed by atoms with Crippen molar-refractivity contribution in [3.63, 3.8) is 0 Å². The van der Waals surface area contributed by atoms with Gasteiger partial charge in [-0.1, -0.05) is 27.2 Å².